The molecule has 1 atom stereocenters. The maximum atomic E-state index is 12.8. The van der Waals surface area contributed by atoms with Gasteiger partial charge >= 0.3 is 5.97 Å². The minimum absolute atomic E-state index is 0.0267. The number of aliphatic carboxylic acids is 1. The lowest BCUT2D eigenvalue weighted by Crippen LogP contribution is -2.27. The van der Waals surface area contributed by atoms with Crippen molar-refractivity contribution in [2.24, 2.45) is 11.7 Å². The molecule has 0 bridgehead atoms. The first-order valence-electron chi connectivity index (χ1n) is 8.55. The van der Waals surface area contributed by atoms with Gasteiger partial charge in [0.1, 0.15) is 11.6 Å². The molecule has 2 aromatic carbocycles. The first-order chi connectivity index (χ1) is 12.8. The summed E-state index contributed by atoms with van der Waals surface area (Å²) in [5, 5.41) is 16.4. The molecule has 0 saturated carbocycles. The van der Waals surface area contributed by atoms with E-state index in [4.69, 9.17) is 21.0 Å². The molecular formula is C20H21N3O4. The van der Waals surface area contributed by atoms with Gasteiger partial charge in [-0.15, -0.1) is 0 Å². The highest BCUT2D eigenvalue weighted by molar-refractivity contribution is 6.06. The molecule has 140 valence electrons. The van der Waals surface area contributed by atoms with Gasteiger partial charge in [-0.05, 0) is 54.4 Å². The minimum Gasteiger partial charge on any atom is -0.493 e. The maximum absolute atomic E-state index is 12.8. The zero-order valence-electron chi connectivity index (χ0n) is 14.9. The molecule has 0 spiro atoms. The highest BCUT2D eigenvalue weighted by Gasteiger charge is 2.24. The molecule has 0 fully saturated rings. The molecule has 1 unspecified atom stereocenters. The number of ether oxygens (including phenoxy) is 1. The van der Waals surface area contributed by atoms with Gasteiger partial charge in [-0.3, -0.25) is 15.0 Å². The van der Waals surface area contributed by atoms with E-state index in [1.807, 2.05) is 0 Å². The largest absolute Gasteiger partial charge is 0.493 e. The van der Waals surface area contributed by atoms with Crippen LogP contribution in [0.15, 0.2) is 42.5 Å². The Kier molecular flexibility index (Phi) is 5.12. The summed E-state index contributed by atoms with van der Waals surface area (Å²) in [6.07, 6.45) is 0.611. The number of anilines is 1. The first-order valence-corrected chi connectivity index (χ1v) is 8.55. The second kappa shape index (κ2) is 7.49. The average Bonchev–Trinajstić information content (AvgIpc) is 2.65. The third kappa shape index (κ3) is 4.08. The Labute approximate surface area is 156 Å². The number of carbonyl (C=O) groups excluding carboxylic acids is 1. The minimum atomic E-state index is -0.854. The molecule has 0 saturated heterocycles. The van der Waals surface area contributed by atoms with Crippen LogP contribution >= 0.6 is 0 Å². The molecular weight excluding hydrogens is 346 g/mol. The van der Waals surface area contributed by atoms with Crippen molar-refractivity contribution in [3.8, 4) is 5.75 Å². The van der Waals surface area contributed by atoms with E-state index >= 15 is 0 Å². The molecule has 7 nitrogen and oxygen atoms in total. The molecule has 0 radical (unpaired) electrons. The zero-order valence-corrected chi connectivity index (χ0v) is 14.9. The molecule has 0 aliphatic carbocycles. The Morgan fingerprint density at radius 3 is 2.52 bits per heavy atom. The summed E-state index contributed by atoms with van der Waals surface area (Å²) >= 11 is 0. The van der Waals surface area contributed by atoms with Gasteiger partial charge in [-0.1, -0.05) is 0 Å². The van der Waals surface area contributed by atoms with Crippen molar-refractivity contribution in [2.45, 2.75) is 12.8 Å². The van der Waals surface area contributed by atoms with Crippen LogP contribution in [0.1, 0.15) is 27.9 Å². The third-order valence-electron chi connectivity index (χ3n) is 4.62. The van der Waals surface area contributed by atoms with E-state index in [1.54, 1.807) is 49.5 Å². The van der Waals surface area contributed by atoms with Crippen LogP contribution < -0.4 is 15.4 Å². The number of carboxylic acid groups (broad SMARTS) is 1. The normalized spacial score (nSPS) is 15.4. The summed E-state index contributed by atoms with van der Waals surface area (Å²) in [4.78, 5) is 25.3. The highest BCUT2D eigenvalue weighted by atomic mass is 16.5. The number of benzene rings is 2. The van der Waals surface area contributed by atoms with E-state index in [0.717, 1.165) is 5.56 Å². The van der Waals surface area contributed by atoms with Crippen LogP contribution in [-0.2, 0) is 11.2 Å². The van der Waals surface area contributed by atoms with Crippen molar-refractivity contribution in [3.63, 3.8) is 0 Å². The van der Waals surface area contributed by atoms with Crippen LogP contribution in [0.3, 0.4) is 0 Å². The summed E-state index contributed by atoms with van der Waals surface area (Å²) in [7, 11) is 1.67. The Balaban J connectivity index is 1.79. The first kappa shape index (κ1) is 18.4. The lowest BCUT2D eigenvalue weighted by atomic mass is 9.93. The summed E-state index contributed by atoms with van der Waals surface area (Å²) in [5.74, 6) is -0.471. The Morgan fingerprint density at radius 1 is 1.22 bits per heavy atom. The predicted molar refractivity (Wildman–Crippen MR) is 102 cm³/mol. The average molecular weight is 367 g/mol. The molecule has 3 rings (SSSR count). The van der Waals surface area contributed by atoms with E-state index in [2.05, 4.69) is 0 Å². The van der Waals surface area contributed by atoms with Crippen molar-refractivity contribution in [1.82, 2.24) is 0 Å². The predicted octanol–water partition coefficient (Wildman–Crippen LogP) is 2.27. The van der Waals surface area contributed by atoms with Gasteiger partial charge in [0.25, 0.3) is 5.91 Å². The third-order valence-corrected chi connectivity index (χ3v) is 4.62. The summed E-state index contributed by atoms with van der Waals surface area (Å²) < 4.78 is 5.63. The van der Waals surface area contributed by atoms with Gasteiger partial charge < -0.3 is 20.5 Å². The number of carboxylic acids is 1. The number of nitrogens with one attached hydrogen (secondary N) is 1. The fraction of sp³-hybridized carbons (Fsp3) is 0.250. The van der Waals surface area contributed by atoms with Gasteiger partial charge in [0, 0.05) is 29.8 Å². The second-order valence-corrected chi connectivity index (χ2v) is 6.63. The van der Waals surface area contributed by atoms with Crippen molar-refractivity contribution in [1.29, 1.82) is 5.41 Å². The number of rotatable bonds is 5. The molecule has 27 heavy (non-hydrogen) atoms. The van der Waals surface area contributed by atoms with E-state index in [-0.39, 0.29) is 24.1 Å². The van der Waals surface area contributed by atoms with Crippen LogP contribution in [0.4, 0.5) is 5.69 Å². The van der Waals surface area contributed by atoms with Crippen LogP contribution in [0.2, 0.25) is 0 Å². The second-order valence-electron chi connectivity index (χ2n) is 6.63. The monoisotopic (exact) mass is 367 g/mol. The number of amides is 1. The maximum Gasteiger partial charge on any atom is 0.303 e. The highest BCUT2D eigenvalue weighted by Crippen LogP contribution is 2.30. The Hall–Kier alpha value is -3.35. The van der Waals surface area contributed by atoms with E-state index in [9.17, 15) is 9.59 Å². The van der Waals surface area contributed by atoms with Crippen molar-refractivity contribution in [2.75, 3.05) is 18.6 Å². The number of hydrogen-bond acceptors (Lipinski definition) is 4. The van der Waals surface area contributed by atoms with Gasteiger partial charge in [-0.25, -0.2) is 0 Å². The summed E-state index contributed by atoms with van der Waals surface area (Å²) in [6.45, 7) is 0.370. The van der Waals surface area contributed by atoms with E-state index in [0.29, 0.717) is 35.6 Å². The number of fused-ring (bicyclic) bond motifs is 1. The van der Waals surface area contributed by atoms with Crippen molar-refractivity contribution in [3.05, 3.63) is 59.2 Å². The number of amidine groups is 1. The number of nitrogens with zero attached hydrogens (tertiary/aromatic N) is 1. The summed E-state index contributed by atoms with van der Waals surface area (Å²) in [5.41, 5.74) is 8.08. The van der Waals surface area contributed by atoms with Gasteiger partial charge in [0.2, 0.25) is 0 Å². The molecule has 7 heteroatoms. The zero-order chi connectivity index (χ0) is 19.6. The fourth-order valence-electron chi connectivity index (χ4n) is 3.14. The van der Waals surface area contributed by atoms with Crippen LogP contribution in [0, 0.1) is 11.3 Å². The molecule has 4 N–H and O–H groups in total. The quantitative estimate of drug-likeness (QED) is 0.554. The van der Waals surface area contributed by atoms with Crippen LogP contribution in [-0.4, -0.2) is 36.5 Å². The number of nitrogen functional groups attached to an aromatic ring is 1. The molecule has 1 aliphatic rings. The SMILES string of the molecule is CN(C(=O)c1ccc2c(c1)CC(CC(=O)O)CO2)c1ccc(C(=N)N)cc1. The van der Waals surface area contributed by atoms with Gasteiger partial charge in [-0.2, -0.15) is 0 Å². The van der Waals surface area contributed by atoms with E-state index in [1.165, 1.54) is 4.90 Å². The Bertz CT molecular complexity index is 893. The molecule has 1 heterocycles. The molecule has 1 amide bonds. The smallest absolute Gasteiger partial charge is 0.303 e. The summed E-state index contributed by atoms with van der Waals surface area (Å²) in [6, 6.07) is 12.1. The molecule has 0 aromatic heterocycles. The number of carbonyl (C=O) groups is 2. The van der Waals surface area contributed by atoms with Gasteiger partial charge in [0.05, 0.1) is 13.0 Å². The molecule has 2 aromatic rings. The number of hydrogen-bond donors (Lipinski definition) is 3. The fourth-order valence-corrected chi connectivity index (χ4v) is 3.14. The molecule has 1 aliphatic heterocycles. The lowest BCUT2D eigenvalue weighted by Gasteiger charge is -2.25. The Morgan fingerprint density at radius 2 is 1.89 bits per heavy atom. The van der Waals surface area contributed by atoms with Crippen molar-refractivity contribution < 1.29 is 19.4 Å². The standard InChI is InChI=1S/C20H21N3O4/c1-23(16-5-2-13(3-6-16)19(21)22)20(26)14-4-7-17-15(10-14)8-12(11-27-17)9-18(24)25/h2-7,10,12H,8-9,11H2,1H3,(H3,21,22)(H,24,25). The van der Waals surface area contributed by atoms with E-state index < -0.39 is 5.97 Å². The number of nitrogens with two attached hydrogens (primary N) is 1. The van der Waals surface area contributed by atoms with Crippen molar-refractivity contribution >= 4 is 23.4 Å². The van der Waals surface area contributed by atoms with Gasteiger partial charge in [0.15, 0.2) is 0 Å². The van der Waals surface area contributed by atoms with Crippen LogP contribution in [0.25, 0.3) is 0 Å². The lowest BCUT2D eigenvalue weighted by molar-refractivity contribution is -0.138. The van der Waals surface area contributed by atoms with Crippen LogP contribution in [0.5, 0.6) is 5.75 Å². The topological polar surface area (TPSA) is 117 Å².